The Balaban J connectivity index is 2.22. The van der Waals surface area contributed by atoms with Crippen molar-refractivity contribution >= 4 is 11.8 Å². The van der Waals surface area contributed by atoms with Gasteiger partial charge in [-0.25, -0.2) is 0 Å². The van der Waals surface area contributed by atoms with E-state index in [1.807, 2.05) is 0 Å². The zero-order valence-electron chi connectivity index (χ0n) is 7.43. The van der Waals surface area contributed by atoms with Crippen LogP contribution in [-0.2, 0) is 9.59 Å². The molecular weight excluding hydrogens is 186 g/mol. The molecule has 5 nitrogen and oxygen atoms in total. The van der Waals surface area contributed by atoms with Crippen LogP contribution in [0.4, 0.5) is 0 Å². The number of hydrogen-bond acceptors (Lipinski definition) is 4. The summed E-state index contributed by atoms with van der Waals surface area (Å²) in [5, 5.41) is 21.5. The lowest BCUT2D eigenvalue weighted by molar-refractivity contribution is -0.139. The number of aliphatic hydroxyl groups is 1. The van der Waals surface area contributed by atoms with Crippen LogP contribution in [0.3, 0.4) is 0 Å². The van der Waals surface area contributed by atoms with Gasteiger partial charge in [0.1, 0.15) is 11.6 Å². The Hall–Kier alpha value is -1.20. The molecule has 0 bridgehead atoms. The van der Waals surface area contributed by atoms with Crippen LogP contribution in [0, 0.1) is 0 Å². The molecule has 14 heavy (non-hydrogen) atoms. The first-order chi connectivity index (χ1) is 6.51. The van der Waals surface area contributed by atoms with E-state index < -0.39 is 23.7 Å². The van der Waals surface area contributed by atoms with Gasteiger partial charge in [-0.2, -0.15) is 0 Å². The Bertz CT molecular complexity index is 325. The molecule has 3 atom stereocenters. The smallest absolute Gasteiger partial charge is 0.320 e. The first-order valence-electron chi connectivity index (χ1n) is 4.44. The Labute approximate surface area is 80.4 Å². The van der Waals surface area contributed by atoms with Gasteiger partial charge in [-0.15, -0.1) is 0 Å². The normalized spacial score (nSPS) is 41.1. The molecule has 0 saturated carbocycles. The van der Waals surface area contributed by atoms with E-state index in [9.17, 15) is 14.7 Å². The lowest BCUT2D eigenvalue weighted by Gasteiger charge is -2.28. The van der Waals surface area contributed by atoms with Gasteiger partial charge in [-0.1, -0.05) is 0 Å². The molecule has 3 N–H and O–H groups in total. The fourth-order valence-electron chi connectivity index (χ4n) is 2.00. The van der Waals surface area contributed by atoms with Gasteiger partial charge in [-0.05, 0) is 12.2 Å². The lowest BCUT2D eigenvalue weighted by atomic mass is 9.85. The quantitative estimate of drug-likeness (QED) is 0.505. The molecule has 0 aromatic heterocycles. The van der Waals surface area contributed by atoms with Gasteiger partial charge >= 0.3 is 5.97 Å². The van der Waals surface area contributed by atoms with Crippen molar-refractivity contribution in [2.75, 3.05) is 0 Å². The summed E-state index contributed by atoms with van der Waals surface area (Å²) in [6.45, 7) is 0. The maximum absolute atomic E-state index is 11.0. The highest BCUT2D eigenvalue weighted by atomic mass is 16.4. The fourth-order valence-corrected chi connectivity index (χ4v) is 2.00. The maximum atomic E-state index is 11.0. The summed E-state index contributed by atoms with van der Waals surface area (Å²) in [7, 11) is 0. The number of allylic oxidation sites excluding steroid dienone is 1. The molecule has 0 aromatic rings. The number of nitrogens with one attached hydrogen (secondary N) is 1. The van der Waals surface area contributed by atoms with E-state index in [0.29, 0.717) is 0 Å². The molecule has 0 radical (unpaired) electrons. The lowest BCUT2D eigenvalue weighted by Crippen LogP contribution is -2.45. The molecule has 0 spiro atoms. The largest absolute Gasteiger partial charge is 0.480 e. The zero-order valence-corrected chi connectivity index (χ0v) is 7.43. The van der Waals surface area contributed by atoms with Gasteiger partial charge < -0.3 is 10.2 Å². The van der Waals surface area contributed by atoms with Gasteiger partial charge in [0.25, 0.3) is 0 Å². The first-order valence-corrected chi connectivity index (χ1v) is 4.44. The minimum absolute atomic E-state index is 0.0850. The number of carboxylic acid groups (broad SMARTS) is 1. The second-order valence-corrected chi connectivity index (χ2v) is 3.81. The van der Waals surface area contributed by atoms with Crippen LogP contribution in [0.25, 0.3) is 0 Å². The fraction of sp³-hybridized carbons (Fsp3) is 0.556. The predicted molar refractivity (Wildman–Crippen MR) is 46.7 cm³/mol. The number of ketones is 1. The van der Waals surface area contributed by atoms with Gasteiger partial charge in [0.05, 0.1) is 0 Å². The average Bonchev–Trinajstić information content (AvgIpc) is 2.43. The highest BCUT2D eigenvalue weighted by Gasteiger charge is 2.48. The van der Waals surface area contributed by atoms with Crippen LogP contribution in [0.5, 0.6) is 0 Å². The summed E-state index contributed by atoms with van der Waals surface area (Å²) in [6.07, 6.45) is 3.01. The molecule has 1 fully saturated rings. The van der Waals surface area contributed by atoms with E-state index in [-0.39, 0.29) is 18.6 Å². The number of hydrogen-bond donors (Lipinski definition) is 3. The Kier molecular flexibility index (Phi) is 1.94. The SMILES string of the molecule is O=C1C=CC2(O)C[C@@H](C(=O)O)NC2C1. The number of carbonyl (C=O) groups is 2. The van der Waals surface area contributed by atoms with Crippen LogP contribution in [0.15, 0.2) is 12.2 Å². The molecule has 5 heteroatoms. The van der Waals surface area contributed by atoms with Gasteiger partial charge in [0.2, 0.25) is 0 Å². The highest BCUT2D eigenvalue weighted by molar-refractivity contribution is 5.92. The second kappa shape index (κ2) is 2.90. The monoisotopic (exact) mass is 197 g/mol. The maximum Gasteiger partial charge on any atom is 0.320 e. The first kappa shape index (κ1) is 9.36. The molecule has 1 saturated heterocycles. The number of carbonyl (C=O) groups excluding carboxylic acids is 1. The van der Waals surface area contributed by atoms with Crippen molar-refractivity contribution in [1.29, 1.82) is 0 Å². The Morgan fingerprint density at radius 1 is 1.64 bits per heavy atom. The molecule has 76 valence electrons. The van der Waals surface area contributed by atoms with E-state index in [4.69, 9.17) is 5.11 Å². The Morgan fingerprint density at radius 3 is 3.00 bits per heavy atom. The summed E-state index contributed by atoms with van der Waals surface area (Å²) >= 11 is 0. The van der Waals surface area contributed by atoms with Crippen molar-refractivity contribution < 1.29 is 19.8 Å². The van der Waals surface area contributed by atoms with Crippen molar-refractivity contribution in [3.8, 4) is 0 Å². The topological polar surface area (TPSA) is 86.6 Å². The molecule has 2 aliphatic rings. The van der Waals surface area contributed by atoms with Crippen LogP contribution in [0.2, 0.25) is 0 Å². The minimum Gasteiger partial charge on any atom is -0.480 e. The van der Waals surface area contributed by atoms with Gasteiger partial charge in [-0.3, -0.25) is 14.9 Å². The molecule has 0 amide bonds. The minimum atomic E-state index is -1.17. The van der Waals surface area contributed by atoms with Crippen molar-refractivity contribution in [3.63, 3.8) is 0 Å². The molecule has 1 aliphatic carbocycles. The summed E-state index contributed by atoms with van der Waals surface area (Å²) in [5.74, 6) is -1.08. The van der Waals surface area contributed by atoms with E-state index in [1.54, 1.807) is 0 Å². The van der Waals surface area contributed by atoms with Crippen LogP contribution in [0.1, 0.15) is 12.8 Å². The highest BCUT2D eigenvalue weighted by Crippen LogP contribution is 2.31. The second-order valence-electron chi connectivity index (χ2n) is 3.81. The standard InChI is InChI=1S/C9H11NO4/c11-5-1-2-9(14)4-6(8(12)13)10-7(9)3-5/h1-2,6-7,10,14H,3-4H2,(H,12,13)/t6-,7?,9?/m0/s1. The third-order valence-electron chi connectivity index (χ3n) is 2.80. The summed E-state index contributed by atoms with van der Waals surface area (Å²) in [4.78, 5) is 21.7. The van der Waals surface area contributed by atoms with E-state index in [0.717, 1.165) is 0 Å². The third kappa shape index (κ3) is 1.34. The zero-order chi connectivity index (χ0) is 10.3. The molecule has 1 aliphatic heterocycles. The molecule has 1 heterocycles. The van der Waals surface area contributed by atoms with Crippen molar-refractivity contribution in [3.05, 3.63) is 12.2 Å². The van der Waals surface area contributed by atoms with Crippen LogP contribution >= 0.6 is 0 Å². The summed E-state index contributed by atoms with van der Waals surface area (Å²) in [5.41, 5.74) is -1.17. The average molecular weight is 197 g/mol. The predicted octanol–water partition coefficient (Wildman–Crippen LogP) is -0.938. The number of rotatable bonds is 1. The van der Waals surface area contributed by atoms with Gasteiger partial charge in [0.15, 0.2) is 5.78 Å². The van der Waals surface area contributed by atoms with Crippen molar-refractivity contribution in [2.24, 2.45) is 0 Å². The molecule has 2 unspecified atom stereocenters. The molecular formula is C9H11NO4. The number of carboxylic acids is 1. The van der Waals surface area contributed by atoms with E-state index in [2.05, 4.69) is 5.32 Å². The summed E-state index contributed by atoms with van der Waals surface area (Å²) < 4.78 is 0. The van der Waals surface area contributed by atoms with Crippen molar-refractivity contribution in [1.82, 2.24) is 5.32 Å². The van der Waals surface area contributed by atoms with Crippen LogP contribution < -0.4 is 5.32 Å². The van der Waals surface area contributed by atoms with Crippen molar-refractivity contribution in [2.45, 2.75) is 30.5 Å². The number of fused-ring (bicyclic) bond motifs is 1. The summed E-state index contributed by atoms with van der Waals surface area (Å²) in [6, 6.07) is -1.22. The third-order valence-corrected chi connectivity index (χ3v) is 2.80. The van der Waals surface area contributed by atoms with Gasteiger partial charge in [0, 0.05) is 18.9 Å². The Morgan fingerprint density at radius 2 is 2.36 bits per heavy atom. The van der Waals surface area contributed by atoms with E-state index in [1.165, 1.54) is 12.2 Å². The molecule has 0 aromatic carbocycles. The number of aliphatic carboxylic acids is 1. The van der Waals surface area contributed by atoms with Crippen LogP contribution in [-0.4, -0.2) is 39.7 Å². The molecule has 2 rings (SSSR count). The van der Waals surface area contributed by atoms with E-state index >= 15 is 0 Å².